The van der Waals surface area contributed by atoms with Gasteiger partial charge in [0.1, 0.15) is 11.7 Å². The second kappa shape index (κ2) is 8.50. The van der Waals surface area contributed by atoms with Gasteiger partial charge in [-0.25, -0.2) is 0 Å². The van der Waals surface area contributed by atoms with Gasteiger partial charge in [0.05, 0.1) is 6.04 Å². The molecule has 7 heteroatoms. The molecule has 2 unspecified atom stereocenters. The third kappa shape index (κ3) is 3.68. The van der Waals surface area contributed by atoms with Crippen LogP contribution in [0.15, 0.2) is 66.7 Å². The first-order valence-electron chi connectivity index (χ1n) is 11.4. The standard InChI is InChI=1S/C27H24N2O5/c30-16-29-11-10-28(14-18-6-8-24-25(12-18)33-17-32-24)15-22(29)20-7-9-23-21(13-20)26(27(31)34-23)19-4-2-1-3-5-19/h1-9,12-13,16,22,26H,10-11,14-15,17H2. The Labute approximate surface area is 197 Å². The van der Waals surface area contributed by atoms with E-state index in [1.165, 1.54) is 0 Å². The Hall–Kier alpha value is -3.84. The average molecular weight is 456 g/mol. The largest absolute Gasteiger partial charge is 0.454 e. The Morgan fingerprint density at radius 1 is 0.882 bits per heavy atom. The lowest BCUT2D eigenvalue weighted by Crippen LogP contribution is -2.47. The zero-order chi connectivity index (χ0) is 23.1. The van der Waals surface area contributed by atoms with Crippen molar-refractivity contribution in [2.45, 2.75) is 18.5 Å². The summed E-state index contributed by atoms with van der Waals surface area (Å²) in [7, 11) is 0. The molecule has 1 amide bonds. The molecule has 0 saturated carbocycles. The molecule has 0 bridgehead atoms. The summed E-state index contributed by atoms with van der Waals surface area (Å²) >= 11 is 0. The quantitative estimate of drug-likeness (QED) is 0.333. The fourth-order valence-corrected chi connectivity index (χ4v) is 5.07. The molecule has 3 aromatic carbocycles. The van der Waals surface area contributed by atoms with E-state index in [0.717, 1.165) is 53.3 Å². The number of fused-ring (bicyclic) bond motifs is 2. The van der Waals surface area contributed by atoms with Crippen LogP contribution in [-0.2, 0) is 16.1 Å². The molecule has 6 rings (SSSR count). The van der Waals surface area contributed by atoms with Crippen LogP contribution in [0.2, 0.25) is 0 Å². The van der Waals surface area contributed by atoms with Crippen LogP contribution < -0.4 is 14.2 Å². The van der Waals surface area contributed by atoms with Gasteiger partial charge in [-0.05, 0) is 41.0 Å². The highest BCUT2D eigenvalue weighted by atomic mass is 16.7. The molecule has 3 aliphatic heterocycles. The van der Waals surface area contributed by atoms with Crippen LogP contribution in [0.1, 0.15) is 34.2 Å². The van der Waals surface area contributed by atoms with Gasteiger partial charge in [0.25, 0.3) is 0 Å². The molecule has 0 radical (unpaired) electrons. The highest BCUT2D eigenvalue weighted by molar-refractivity contribution is 5.89. The average Bonchev–Trinajstić information content (AvgIpc) is 3.47. The first kappa shape index (κ1) is 20.7. The Bertz CT molecular complexity index is 1250. The van der Waals surface area contributed by atoms with Crippen LogP contribution in [0.4, 0.5) is 0 Å². The molecule has 3 aromatic rings. The maximum Gasteiger partial charge on any atom is 0.323 e. The van der Waals surface area contributed by atoms with Crippen LogP contribution >= 0.6 is 0 Å². The minimum Gasteiger partial charge on any atom is -0.454 e. The van der Waals surface area contributed by atoms with Gasteiger partial charge in [0.2, 0.25) is 13.2 Å². The minimum absolute atomic E-state index is 0.113. The lowest BCUT2D eigenvalue weighted by atomic mass is 9.90. The zero-order valence-electron chi connectivity index (χ0n) is 18.6. The van der Waals surface area contributed by atoms with Gasteiger partial charge in [-0.2, -0.15) is 0 Å². The molecule has 0 spiro atoms. The van der Waals surface area contributed by atoms with Gasteiger partial charge in [-0.15, -0.1) is 0 Å². The van der Waals surface area contributed by atoms with Crippen molar-refractivity contribution in [1.29, 1.82) is 0 Å². The summed E-state index contributed by atoms with van der Waals surface area (Å²) in [6.07, 6.45) is 0.923. The zero-order valence-corrected chi connectivity index (χ0v) is 18.6. The molecule has 3 aliphatic rings. The number of piperazine rings is 1. The third-order valence-corrected chi connectivity index (χ3v) is 6.79. The molecule has 7 nitrogen and oxygen atoms in total. The van der Waals surface area contributed by atoms with Gasteiger partial charge in [-0.1, -0.05) is 42.5 Å². The van der Waals surface area contributed by atoms with Gasteiger partial charge in [0.15, 0.2) is 11.5 Å². The van der Waals surface area contributed by atoms with E-state index in [0.29, 0.717) is 18.8 Å². The summed E-state index contributed by atoms with van der Waals surface area (Å²) in [6, 6.07) is 21.4. The van der Waals surface area contributed by atoms with Crippen LogP contribution in [0.3, 0.4) is 0 Å². The third-order valence-electron chi connectivity index (χ3n) is 6.79. The molecule has 1 saturated heterocycles. The Morgan fingerprint density at radius 2 is 1.71 bits per heavy atom. The molecule has 2 atom stereocenters. The van der Waals surface area contributed by atoms with Crippen molar-refractivity contribution in [2.24, 2.45) is 0 Å². The van der Waals surface area contributed by atoms with Crippen LogP contribution in [0.5, 0.6) is 17.2 Å². The molecule has 1 fully saturated rings. The number of esters is 1. The van der Waals surface area contributed by atoms with E-state index in [4.69, 9.17) is 14.2 Å². The van der Waals surface area contributed by atoms with Crippen LogP contribution in [-0.4, -0.2) is 48.6 Å². The normalized spacial score (nSPS) is 21.3. The van der Waals surface area contributed by atoms with Gasteiger partial charge in [-0.3, -0.25) is 14.5 Å². The fraction of sp³-hybridized carbons (Fsp3) is 0.259. The second-order valence-electron chi connectivity index (χ2n) is 8.84. The number of benzene rings is 3. The van der Waals surface area contributed by atoms with Crippen LogP contribution in [0, 0.1) is 0 Å². The van der Waals surface area contributed by atoms with Crippen molar-refractivity contribution < 1.29 is 23.8 Å². The van der Waals surface area contributed by atoms with E-state index >= 15 is 0 Å². The number of hydrogen-bond donors (Lipinski definition) is 0. The predicted octanol–water partition coefficient (Wildman–Crippen LogP) is 3.48. The van der Waals surface area contributed by atoms with E-state index in [1.54, 1.807) is 0 Å². The summed E-state index contributed by atoms with van der Waals surface area (Å²) in [5, 5.41) is 0. The monoisotopic (exact) mass is 456 g/mol. The second-order valence-corrected chi connectivity index (χ2v) is 8.84. The molecular weight excluding hydrogens is 432 g/mol. The summed E-state index contributed by atoms with van der Waals surface area (Å²) in [6.45, 7) is 3.11. The van der Waals surface area contributed by atoms with Gasteiger partial charge >= 0.3 is 5.97 Å². The highest BCUT2D eigenvalue weighted by Gasteiger charge is 2.36. The summed E-state index contributed by atoms with van der Waals surface area (Å²) in [4.78, 5) is 28.7. The van der Waals surface area contributed by atoms with Gasteiger partial charge in [0, 0.05) is 31.7 Å². The summed E-state index contributed by atoms with van der Waals surface area (Å²) in [5.41, 5.74) is 3.90. The SMILES string of the molecule is O=CN1CCN(Cc2ccc3c(c2)OCO3)CC1c1ccc2c(c1)C(c1ccccc1)C(=O)O2. The van der Waals surface area contributed by atoms with Crippen molar-refractivity contribution in [2.75, 3.05) is 26.4 Å². The number of ether oxygens (including phenoxy) is 3. The number of hydrogen-bond acceptors (Lipinski definition) is 6. The number of rotatable bonds is 5. The van der Waals surface area contributed by atoms with Crippen molar-refractivity contribution in [3.05, 3.63) is 89.0 Å². The van der Waals surface area contributed by atoms with Crippen molar-refractivity contribution >= 4 is 12.4 Å². The van der Waals surface area contributed by atoms with E-state index in [2.05, 4.69) is 11.0 Å². The van der Waals surface area contributed by atoms with Crippen molar-refractivity contribution in [3.63, 3.8) is 0 Å². The predicted molar refractivity (Wildman–Crippen MR) is 124 cm³/mol. The highest BCUT2D eigenvalue weighted by Crippen LogP contribution is 2.41. The number of amides is 1. The Morgan fingerprint density at radius 3 is 2.56 bits per heavy atom. The van der Waals surface area contributed by atoms with E-state index < -0.39 is 5.92 Å². The number of carbonyl (C=O) groups excluding carboxylic acids is 2. The van der Waals surface area contributed by atoms with E-state index in [9.17, 15) is 9.59 Å². The summed E-state index contributed by atoms with van der Waals surface area (Å²) in [5.74, 6) is 1.42. The smallest absolute Gasteiger partial charge is 0.323 e. The first-order valence-corrected chi connectivity index (χ1v) is 11.4. The fourth-order valence-electron chi connectivity index (χ4n) is 5.07. The van der Waals surface area contributed by atoms with Gasteiger partial charge < -0.3 is 19.1 Å². The Kier molecular flexibility index (Phi) is 5.19. The first-order chi connectivity index (χ1) is 16.7. The maximum atomic E-state index is 12.7. The molecule has 172 valence electrons. The lowest BCUT2D eigenvalue weighted by Gasteiger charge is -2.40. The molecule has 3 heterocycles. The molecule has 0 aromatic heterocycles. The molecular formula is C27H24N2O5. The maximum absolute atomic E-state index is 12.7. The number of nitrogens with zero attached hydrogens (tertiary/aromatic N) is 2. The number of carbonyl (C=O) groups is 2. The van der Waals surface area contributed by atoms with E-state index in [-0.39, 0.29) is 18.8 Å². The van der Waals surface area contributed by atoms with Crippen LogP contribution in [0.25, 0.3) is 0 Å². The lowest BCUT2D eigenvalue weighted by molar-refractivity contribution is -0.133. The molecule has 34 heavy (non-hydrogen) atoms. The Balaban J connectivity index is 1.27. The molecule has 0 N–H and O–H groups in total. The summed E-state index contributed by atoms with van der Waals surface area (Å²) < 4.78 is 16.5. The topological polar surface area (TPSA) is 68.3 Å². The molecule has 0 aliphatic carbocycles. The van der Waals surface area contributed by atoms with Crippen molar-refractivity contribution in [3.8, 4) is 17.2 Å². The minimum atomic E-state index is -0.450. The van der Waals surface area contributed by atoms with E-state index in [1.807, 2.05) is 65.6 Å². The van der Waals surface area contributed by atoms with Crippen molar-refractivity contribution in [1.82, 2.24) is 9.80 Å².